The third kappa shape index (κ3) is 2.76. The predicted molar refractivity (Wildman–Crippen MR) is 166 cm³/mol. The minimum absolute atomic E-state index is 0.372. The van der Waals surface area contributed by atoms with Crippen LogP contribution in [0.5, 0.6) is 0 Å². The highest BCUT2D eigenvalue weighted by molar-refractivity contribution is 6.23. The highest BCUT2D eigenvalue weighted by Crippen LogP contribution is 2.49. The van der Waals surface area contributed by atoms with Gasteiger partial charge in [0.05, 0.1) is 22.2 Å². The largest absolute Gasteiger partial charge is 0.307 e. The fraction of sp³-hybridized carbons (Fsp3) is 0.0541. The summed E-state index contributed by atoms with van der Waals surface area (Å²) in [6, 6.07) is 43.9. The molecule has 9 rings (SSSR count). The molecule has 0 aliphatic heterocycles. The highest BCUT2D eigenvalue weighted by atomic mass is 15.1. The minimum Gasteiger partial charge on any atom is -0.307 e. The molecule has 6 aromatic carbocycles. The molecular formula is C37H25N3. The lowest BCUT2D eigenvalue weighted by Crippen LogP contribution is -1.97. The van der Waals surface area contributed by atoms with Gasteiger partial charge >= 0.3 is 0 Å². The second-order valence-corrected chi connectivity index (χ2v) is 10.8. The van der Waals surface area contributed by atoms with Gasteiger partial charge in [0.15, 0.2) is 0 Å². The van der Waals surface area contributed by atoms with E-state index >= 15 is 0 Å². The van der Waals surface area contributed by atoms with E-state index in [1.165, 1.54) is 54.8 Å². The lowest BCUT2D eigenvalue weighted by Gasteiger charge is -2.13. The van der Waals surface area contributed by atoms with Crippen LogP contribution in [0.15, 0.2) is 128 Å². The first-order valence-corrected chi connectivity index (χ1v) is 13.9. The van der Waals surface area contributed by atoms with Gasteiger partial charge in [0.2, 0.25) is 0 Å². The molecular weight excluding hydrogens is 486 g/mol. The Balaban J connectivity index is 1.36. The molecule has 1 aliphatic rings. The van der Waals surface area contributed by atoms with Crippen LogP contribution in [0.25, 0.3) is 66.1 Å². The van der Waals surface area contributed by atoms with Crippen molar-refractivity contribution in [1.29, 1.82) is 0 Å². The summed E-state index contributed by atoms with van der Waals surface area (Å²) in [4.78, 5) is 4.95. The first kappa shape index (κ1) is 21.7. The van der Waals surface area contributed by atoms with Crippen molar-refractivity contribution >= 4 is 43.6 Å². The number of hydrogen-bond acceptors (Lipinski definition) is 1. The summed E-state index contributed by atoms with van der Waals surface area (Å²) in [6.45, 7) is 2.35. The monoisotopic (exact) mass is 511 g/mol. The zero-order valence-electron chi connectivity index (χ0n) is 22.0. The standard InChI is InChI=1S/C37H25N3/c1-23-25-12-5-6-13-26(25)27-18-19-29-28(35(23)27)20-21-32-36(29)30-14-7-8-15-31(30)40(32)34-17-9-16-33-37(34)38-22-39(33)24-10-3-2-4-11-24/h2-23H,1H3. The molecule has 2 heterocycles. The molecule has 40 heavy (non-hydrogen) atoms. The molecule has 0 saturated carbocycles. The Labute approximate surface area is 231 Å². The molecule has 1 atom stereocenters. The summed E-state index contributed by atoms with van der Waals surface area (Å²) in [5.41, 5.74) is 12.3. The maximum absolute atomic E-state index is 4.95. The van der Waals surface area contributed by atoms with Gasteiger partial charge in [0.1, 0.15) is 11.8 Å². The van der Waals surface area contributed by atoms with Crippen LogP contribution in [0.3, 0.4) is 0 Å². The van der Waals surface area contributed by atoms with Crippen LogP contribution in [-0.4, -0.2) is 14.1 Å². The Morgan fingerprint density at radius 3 is 2.27 bits per heavy atom. The van der Waals surface area contributed by atoms with Gasteiger partial charge in [0.25, 0.3) is 0 Å². The SMILES string of the molecule is CC1c2ccccc2-c2ccc3c(ccc4c3c3ccccc3n4-c3cccc4c3ncn4-c3ccccc3)c21. The van der Waals surface area contributed by atoms with E-state index in [1.54, 1.807) is 0 Å². The zero-order valence-corrected chi connectivity index (χ0v) is 22.0. The average Bonchev–Trinajstić information content (AvgIpc) is 3.68. The molecule has 0 N–H and O–H groups in total. The Kier molecular flexibility index (Phi) is 4.31. The number of nitrogens with zero attached hydrogens (tertiary/aromatic N) is 3. The van der Waals surface area contributed by atoms with Crippen molar-refractivity contribution in [1.82, 2.24) is 14.1 Å². The van der Waals surface area contributed by atoms with Crippen molar-refractivity contribution in [2.75, 3.05) is 0 Å². The van der Waals surface area contributed by atoms with Gasteiger partial charge in [-0.25, -0.2) is 4.98 Å². The van der Waals surface area contributed by atoms with Crippen molar-refractivity contribution in [2.45, 2.75) is 12.8 Å². The molecule has 0 fully saturated rings. The van der Waals surface area contributed by atoms with Gasteiger partial charge in [-0.1, -0.05) is 91.9 Å². The quantitative estimate of drug-likeness (QED) is 0.227. The van der Waals surface area contributed by atoms with Crippen LogP contribution in [0.1, 0.15) is 24.0 Å². The van der Waals surface area contributed by atoms with Gasteiger partial charge in [-0.3, -0.25) is 4.57 Å². The molecule has 0 spiro atoms. The molecule has 3 heteroatoms. The summed E-state index contributed by atoms with van der Waals surface area (Å²) in [7, 11) is 0. The van der Waals surface area contributed by atoms with Crippen LogP contribution >= 0.6 is 0 Å². The van der Waals surface area contributed by atoms with Gasteiger partial charge in [0, 0.05) is 22.4 Å². The Bertz CT molecular complexity index is 2280. The van der Waals surface area contributed by atoms with Gasteiger partial charge < -0.3 is 4.57 Å². The van der Waals surface area contributed by atoms with Crippen molar-refractivity contribution < 1.29 is 0 Å². The summed E-state index contributed by atoms with van der Waals surface area (Å²) < 4.78 is 4.57. The van der Waals surface area contributed by atoms with Crippen LogP contribution < -0.4 is 0 Å². The molecule has 0 saturated heterocycles. The van der Waals surface area contributed by atoms with Crippen molar-refractivity contribution in [3.63, 3.8) is 0 Å². The molecule has 3 nitrogen and oxygen atoms in total. The average molecular weight is 512 g/mol. The Morgan fingerprint density at radius 1 is 0.575 bits per heavy atom. The van der Waals surface area contributed by atoms with E-state index in [0.717, 1.165) is 22.4 Å². The van der Waals surface area contributed by atoms with E-state index in [4.69, 9.17) is 4.98 Å². The highest BCUT2D eigenvalue weighted by Gasteiger charge is 2.28. The molecule has 188 valence electrons. The number of benzene rings is 6. The summed E-state index contributed by atoms with van der Waals surface area (Å²) in [5.74, 6) is 0.372. The van der Waals surface area contributed by atoms with Crippen LogP contribution in [0, 0.1) is 0 Å². The van der Waals surface area contributed by atoms with Gasteiger partial charge in [-0.05, 0) is 69.4 Å². The van der Waals surface area contributed by atoms with E-state index in [1.807, 2.05) is 12.4 Å². The van der Waals surface area contributed by atoms with Crippen LogP contribution in [0.4, 0.5) is 0 Å². The number of aromatic nitrogens is 3. The topological polar surface area (TPSA) is 22.8 Å². The lowest BCUT2D eigenvalue weighted by atomic mass is 9.92. The molecule has 0 amide bonds. The fourth-order valence-electron chi connectivity index (χ4n) is 7.13. The molecule has 8 aromatic rings. The van der Waals surface area contributed by atoms with Crippen molar-refractivity contribution in [3.05, 3.63) is 139 Å². The van der Waals surface area contributed by atoms with Crippen molar-refractivity contribution in [2.24, 2.45) is 0 Å². The number of hydrogen-bond donors (Lipinski definition) is 0. The predicted octanol–water partition coefficient (Wildman–Crippen LogP) is 9.41. The second kappa shape index (κ2) is 7.93. The number of para-hydroxylation sites is 3. The third-order valence-electron chi connectivity index (χ3n) is 8.86. The van der Waals surface area contributed by atoms with Crippen LogP contribution in [0.2, 0.25) is 0 Å². The maximum Gasteiger partial charge on any atom is 0.113 e. The van der Waals surface area contributed by atoms with Crippen molar-refractivity contribution in [3.8, 4) is 22.5 Å². The van der Waals surface area contributed by atoms with E-state index < -0.39 is 0 Å². The lowest BCUT2D eigenvalue weighted by molar-refractivity contribution is 0.967. The number of rotatable bonds is 2. The van der Waals surface area contributed by atoms with Gasteiger partial charge in [-0.15, -0.1) is 0 Å². The molecule has 0 radical (unpaired) electrons. The normalized spacial score (nSPS) is 14.4. The minimum atomic E-state index is 0.372. The second-order valence-electron chi connectivity index (χ2n) is 10.8. The first-order valence-electron chi connectivity index (χ1n) is 13.9. The Morgan fingerprint density at radius 2 is 1.35 bits per heavy atom. The van der Waals surface area contributed by atoms with E-state index in [0.29, 0.717) is 5.92 Å². The fourth-order valence-corrected chi connectivity index (χ4v) is 7.13. The van der Waals surface area contributed by atoms with Gasteiger partial charge in [-0.2, -0.15) is 0 Å². The van der Waals surface area contributed by atoms with Crippen LogP contribution in [-0.2, 0) is 0 Å². The van der Waals surface area contributed by atoms with E-state index in [-0.39, 0.29) is 0 Å². The van der Waals surface area contributed by atoms with E-state index in [9.17, 15) is 0 Å². The molecule has 2 aromatic heterocycles. The maximum atomic E-state index is 4.95. The third-order valence-corrected chi connectivity index (χ3v) is 8.86. The molecule has 0 bridgehead atoms. The van der Waals surface area contributed by atoms with E-state index in [2.05, 4.69) is 131 Å². The number of imidazole rings is 1. The smallest absolute Gasteiger partial charge is 0.113 e. The molecule has 1 aliphatic carbocycles. The number of fused-ring (bicyclic) bond motifs is 10. The summed E-state index contributed by atoms with van der Waals surface area (Å²) >= 11 is 0. The zero-order chi connectivity index (χ0) is 26.4. The Hall–Kier alpha value is -5.15. The summed E-state index contributed by atoms with van der Waals surface area (Å²) in [6.07, 6.45) is 1.94. The molecule has 1 unspecified atom stereocenters. The first-order chi connectivity index (χ1) is 19.8. The summed E-state index contributed by atoms with van der Waals surface area (Å²) in [5, 5.41) is 5.24.